The van der Waals surface area contributed by atoms with Gasteiger partial charge in [0.25, 0.3) is 0 Å². The SMILES string of the molecule is CS(=O)(=O)c1ccccc1CNO. The van der Waals surface area contributed by atoms with Crippen molar-refractivity contribution in [1.82, 2.24) is 5.48 Å². The van der Waals surface area contributed by atoms with Gasteiger partial charge >= 0.3 is 0 Å². The molecule has 0 bridgehead atoms. The minimum absolute atomic E-state index is 0.128. The topological polar surface area (TPSA) is 66.4 Å². The summed E-state index contributed by atoms with van der Waals surface area (Å²) in [5.74, 6) is 0. The van der Waals surface area contributed by atoms with Crippen molar-refractivity contribution in [3.63, 3.8) is 0 Å². The average molecular weight is 201 g/mol. The van der Waals surface area contributed by atoms with Crippen molar-refractivity contribution in [2.75, 3.05) is 6.26 Å². The van der Waals surface area contributed by atoms with E-state index in [1.54, 1.807) is 18.2 Å². The van der Waals surface area contributed by atoms with Crippen molar-refractivity contribution in [3.8, 4) is 0 Å². The normalized spacial score (nSPS) is 11.5. The fourth-order valence-electron chi connectivity index (χ4n) is 1.10. The Morgan fingerprint density at radius 2 is 2.00 bits per heavy atom. The molecule has 0 aliphatic carbocycles. The summed E-state index contributed by atoms with van der Waals surface area (Å²) in [7, 11) is -3.21. The molecule has 0 spiro atoms. The third kappa shape index (κ3) is 2.51. The highest BCUT2D eigenvalue weighted by Gasteiger charge is 2.11. The molecule has 2 N–H and O–H groups in total. The van der Waals surface area contributed by atoms with Gasteiger partial charge in [0.05, 0.1) is 4.90 Å². The lowest BCUT2D eigenvalue weighted by atomic mass is 10.2. The number of rotatable bonds is 3. The number of hydrogen-bond acceptors (Lipinski definition) is 4. The summed E-state index contributed by atoms with van der Waals surface area (Å²) >= 11 is 0. The maximum atomic E-state index is 11.2. The number of nitrogens with one attached hydrogen (secondary N) is 1. The molecule has 0 aliphatic heterocycles. The van der Waals surface area contributed by atoms with Gasteiger partial charge in [-0.05, 0) is 11.6 Å². The number of benzene rings is 1. The Hall–Kier alpha value is -0.910. The fourth-order valence-corrected chi connectivity index (χ4v) is 2.04. The minimum atomic E-state index is -3.21. The van der Waals surface area contributed by atoms with E-state index >= 15 is 0 Å². The quantitative estimate of drug-likeness (QED) is 0.702. The molecular weight excluding hydrogens is 190 g/mol. The third-order valence-corrected chi connectivity index (χ3v) is 2.84. The Morgan fingerprint density at radius 3 is 2.54 bits per heavy atom. The third-order valence-electron chi connectivity index (χ3n) is 1.64. The molecule has 0 unspecified atom stereocenters. The first-order chi connectivity index (χ1) is 6.05. The molecule has 0 fully saturated rings. The molecule has 0 atom stereocenters. The number of hydroxylamine groups is 1. The van der Waals surface area contributed by atoms with Gasteiger partial charge in [0.1, 0.15) is 0 Å². The molecule has 1 aromatic rings. The summed E-state index contributed by atoms with van der Waals surface area (Å²) in [5, 5.41) is 8.47. The van der Waals surface area contributed by atoms with Gasteiger partial charge in [0, 0.05) is 12.8 Å². The zero-order valence-electron chi connectivity index (χ0n) is 7.19. The molecule has 0 saturated carbocycles. The Balaban J connectivity index is 3.20. The molecule has 1 aromatic carbocycles. The predicted octanol–water partition coefficient (Wildman–Crippen LogP) is 0.569. The van der Waals surface area contributed by atoms with Crippen LogP contribution >= 0.6 is 0 Å². The van der Waals surface area contributed by atoms with Crippen LogP contribution in [0.4, 0.5) is 0 Å². The molecule has 4 nitrogen and oxygen atoms in total. The summed E-state index contributed by atoms with van der Waals surface area (Å²) in [6.45, 7) is 0.128. The van der Waals surface area contributed by atoms with E-state index in [2.05, 4.69) is 0 Å². The summed E-state index contributed by atoms with van der Waals surface area (Å²) in [6, 6.07) is 6.54. The Morgan fingerprint density at radius 1 is 1.38 bits per heavy atom. The summed E-state index contributed by atoms with van der Waals surface area (Å²) in [5.41, 5.74) is 2.49. The zero-order valence-corrected chi connectivity index (χ0v) is 8.00. The van der Waals surface area contributed by atoms with E-state index in [1.165, 1.54) is 6.07 Å². The maximum Gasteiger partial charge on any atom is 0.175 e. The molecule has 5 heteroatoms. The van der Waals surface area contributed by atoms with Gasteiger partial charge in [-0.25, -0.2) is 13.9 Å². The molecule has 13 heavy (non-hydrogen) atoms. The first-order valence-corrected chi connectivity index (χ1v) is 5.60. The van der Waals surface area contributed by atoms with Crippen molar-refractivity contribution in [2.24, 2.45) is 0 Å². The molecule has 0 heterocycles. The van der Waals surface area contributed by atoms with Crippen molar-refractivity contribution in [3.05, 3.63) is 29.8 Å². The second-order valence-electron chi connectivity index (χ2n) is 2.71. The highest BCUT2D eigenvalue weighted by Crippen LogP contribution is 2.14. The van der Waals surface area contributed by atoms with Crippen LogP contribution in [0.2, 0.25) is 0 Å². The van der Waals surface area contributed by atoms with Gasteiger partial charge in [-0.1, -0.05) is 18.2 Å². The molecule has 0 radical (unpaired) electrons. The van der Waals surface area contributed by atoms with Crippen LogP contribution in [-0.4, -0.2) is 19.9 Å². The first-order valence-electron chi connectivity index (χ1n) is 3.70. The van der Waals surface area contributed by atoms with E-state index in [-0.39, 0.29) is 11.4 Å². The molecule has 1 rings (SSSR count). The van der Waals surface area contributed by atoms with Gasteiger partial charge in [-0.2, -0.15) is 0 Å². The Kier molecular flexibility index (Phi) is 3.02. The van der Waals surface area contributed by atoms with Crippen LogP contribution in [0.1, 0.15) is 5.56 Å². The van der Waals surface area contributed by atoms with Gasteiger partial charge in [0.15, 0.2) is 9.84 Å². The largest absolute Gasteiger partial charge is 0.316 e. The smallest absolute Gasteiger partial charge is 0.175 e. The molecule has 0 saturated heterocycles. The molecule has 0 aliphatic rings. The van der Waals surface area contributed by atoms with Crippen LogP contribution < -0.4 is 5.48 Å². The predicted molar refractivity (Wildman–Crippen MR) is 48.2 cm³/mol. The Bertz CT molecular complexity index is 386. The van der Waals surface area contributed by atoms with Crippen LogP contribution in [0.3, 0.4) is 0 Å². The van der Waals surface area contributed by atoms with Crippen LogP contribution in [0.25, 0.3) is 0 Å². The summed E-state index contributed by atoms with van der Waals surface area (Å²) in [6.07, 6.45) is 1.14. The zero-order chi connectivity index (χ0) is 9.90. The number of sulfone groups is 1. The van der Waals surface area contributed by atoms with Crippen molar-refractivity contribution >= 4 is 9.84 Å². The first kappa shape index (κ1) is 10.2. The Labute approximate surface area is 77.1 Å². The lowest BCUT2D eigenvalue weighted by molar-refractivity contribution is 0.160. The van der Waals surface area contributed by atoms with Gasteiger partial charge < -0.3 is 5.21 Å². The van der Waals surface area contributed by atoms with E-state index in [9.17, 15) is 8.42 Å². The van der Waals surface area contributed by atoms with E-state index in [4.69, 9.17) is 5.21 Å². The van der Waals surface area contributed by atoms with Crippen LogP contribution in [-0.2, 0) is 16.4 Å². The summed E-state index contributed by atoms with van der Waals surface area (Å²) < 4.78 is 22.4. The van der Waals surface area contributed by atoms with E-state index < -0.39 is 9.84 Å². The van der Waals surface area contributed by atoms with Gasteiger partial charge in [-0.15, -0.1) is 0 Å². The van der Waals surface area contributed by atoms with Crippen molar-refractivity contribution in [2.45, 2.75) is 11.4 Å². The van der Waals surface area contributed by atoms with E-state index in [0.717, 1.165) is 6.26 Å². The lowest BCUT2D eigenvalue weighted by Crippen LogP contribution is -2.10. The van der Waals surface area contributed by atoms with Crippen LogP contribution in [0.15, 0.2) is 29.2 Å². The lowest BCUT2D eigenvalue weighted by Gasteiger charge is -2.05. The van der Waals surface area contributed by atoms with Gasteiger partial charge in [0.2, 0.25) is 0 Å². The average Bonchev–Trinajstić information content (AvgIpc) is 2.04. The molecule has 0 aromatic heterocycles. The van der Waals surface area contributed by atoms with Crippen molar-refractivity contribution < 1.29 is 13.6 Å². The van der Waals surface area contributed by atoms with E-state index in [1.807, 2.05) is 5.48 Å². The monoisotopic (exact) mass is 201 g/mol. The van der Waals surface area contributed by atoms with Crippen molar-refractivity contribution in [1.29, 1.82) is 0 Å². The second-order valence-corrected chi connectivity index (χ2v) is 4.70. The number of hydrogen-bond donors (Lipinski definition) is 2. The summed E-state index contributed by atoms with van der Waals surface area (Å²) in [4.78, 5) is 0.247. The standard InChI is InChI=1S/C8H11NO3S/c1-13(11,12)8-5-3-2-4-7(8)6-9-10/h2-5,9-10H,6H2,1H3. The molecular formula is C8H11NO3S. The highest BCUT2D eigenvalue weighted by molar-refractivity contribution is 7.90. The van der Waals surface area contributed by atoms with Gasteiger partial charge in [-0.3, -0.25) is 0 Å². The van der Waals surface area contributed by atoms with E-state index in [0.29, 0.717) is 5.56 Å². The maximum absolute atomic E-state index is 11.2. The second kappa shape index (κ2) is 3.87. The fraction of sp³-hybridized carbons (Fsp3) is 0.250. The highest BCUT2D eigenvalue weighted by atomic mass is 32.2. The van der Waals surface area contributed by atoms with Crippen LogP contribution in [0, 0.1) is 0 Å². The van der Waals surface area contributed by atoms with Crippen LogP contribution in [0.5, 0.6) is 0 Å². The molecule has 72 valence electrons. The minimum Gasteiger partial charge on any atom is -0.316 e. The molecule has 0 amide bonds.